The maximum atomic E-state index is 11.0. The summed E-state index contributed by atoms with van der Waals surface area (Å²) in [5.41, 5.74) is 0. The molecule has 1 amide bonds. The van der Waals surface area contributed by atoms with Crippen LogP contribution >= 0.6 is 0 Å². The molecule has 12 heavy (non-hydrogen) atoms. The molecule has 1 aliphatic heterocycles. The number of carbonyl (C=O) groups excluding carboxylic acids is 1. The zero-order chi connectivity index (χ0) is 8.97. The molecule has 0 aliphatic carbocycles. The van der Waals surface area contributed by atoms with E-state index >= 15 is 0 Å². The SMILES string of the molecule is CCCCN1CC(CO)OC1=O. The van der Waals surface area contributed by atoms with E-state index in [2.05, 4.69) is 6.92 Å². The molecule has 4 nitrogen and oxygen atoms in total. The van der Waals surface area contributed by atoms with Gasteiger partial charge in [-0.2, -0.15) is 0 Å². The lowest BCUT2D eigenvalue weighted by Crippen LogP contribution is -2.26. The van der Waals surface area contributed by atoms with E-state index in [1.165, 1.54) is 0 Å². The highest BCUT2D eigenvalue weighted by molar-refractivity contribution is 5.69. The second-order valence-electron chi connectivity index (χ2n) is 2.99. The summed E-state index contributed by atoms with van der Waals surface area (Å²) >= 11 is 0. The van der Waals surface area contributed by atoms with Gasteiger partial charge in [-0.25, -0.2) is 4.79 Å². The molecular formula is C8H15NO3. The normalized spacial score (nSPS) is 23.0. The zero-order valence-corrected chi connectivity index (χ0v) is 7.32. The quantitative estimate of drug-likeness (QED) is 0.677. The second kappa shape index (κ2) is 4.30. The van der Waals surface area contributed by atoms with Crippen molar-refractivity contribution >= 4 is 6.09 Å². The van der Waals surface area contributed by atoms with Gasteiger partial charge in [-0.15, -0.1) is 0 Å². The Kier molecular flexibility index (Phi) is 3.34. The molecular weight excluding hydrogens is 158 g/mol. The number of amides is 1. The first-order valence-electron chi connectivity index (χ1n) is 4.34. The number of unbranched alkanes of at least 4 members (excludes halogenated alkanes) is 1. The molecule has 0 saturated carbocycles. The van der Waals surface area contributed by atoms with E-state index < -0.39 is 0 Å². The van der Waals surface area contributed by atoms with Crippen LogP contribution in [0.3, 0.4) is 0 Å². The van der Waals surface area contributed by atoms with Gasteiger partial charge in [0.25, 0.3) is 0 Å². The molecule has 1 aliphatic rings. The predicted molar refractivity (Wildman–Crippen MR) is 43.8 cm³/mol. The average Bonchev–Trinajstić information content (AvgIpc) is 2.43. The fourth-order valence-corrected chi connectivity index (χ4v) is 1.20. The topological polar surface area (TPSA) is 49.8 Å². The van der Waals surface area contributed by atoms with E-state index in [9.17, 15) is 4.79 Å². The Bertz CT molecular complexity index is 160. The van der Waals surface area contributed by atoms with Gasteiger partial charge in [-0.1, -0.05) is 13.3 Å². The highest BCUT2D eigenvalue weighted by Crippen LogP contribution is 2.11. The Morgan fingerprint density at radius 2 is 2.50 bits per heavy atom. The van der Waals surface area contributed by atoms with Crippen molar-refractivity contribution in [2.75, 3.05) is 19.7 Å². The van der Waals surface area contributed by atoms with Crippen molar-refractivity contribution in [1.29, 1.82) is 0 Å². The zero-order valence-electron chi connectivity index (χ0n) is 7.32. The molecule has 4 heteroatoms. The third kappa shape index (κ3) is 2.11. The molecule has 1 fully saturated rings. The summed E-state index contributed by atoms with van der Waals surface area (Å²) < 4.78 is 4.86. The number of aliphatic hydroxyl groups is 1. The second-order valence-corrected chi connectivity index (χ2v) is 2.99. The number of cyclic esters (lactones) is 1. The lowest BCUT2D eigenvalue weighted by Gasteiger charge is -2.10. The van der Waals surface area contributed by atoms with Gasteiger partial charge in [0.1, 0.15) is 6.10 Å². The number of aliphatic hydroxyl groups excluding tert-OH is 1. The van der Waals surface area contributed by atoms with Crippen LogP contribution in [0.2, 0.25) is 0 Å². The van der Waals surface area contributed by atoms with Crippen molar-refractivity contribution in [3.05, 3.63) is 0 Å². The van der Waals surface area contributed by atoms with Crippen LogP contribution < -0.4 is 0 Å². The number of nitrogens with zero attached hydrogens (tertiary/aromatic N) is 1. The van der Waals surface area contributed by atoms with Crippen molar-refractivity contribution in [1.82, 2.24) is 4.90 Å². The maximum absolute atomic E-state index is 11.0. The van der Waals surface area contributed by atoms with Crippen LogP contribution in [0.15, 0.2) is 0 Å². The highest BCUT2D eigenvalue weighted by Gasteiger charge is 2.29. The Morgan fingerprint density at radius 1 is 1.75 bits per heavy atom. The molecule has 0 aromatic rings. The molecule has 1 unspecified atom stereocenters. The van der Waals surface area contributed by atoms with E-state index in [0.29, 0.717) is 6.54 Å². The standard InChI is InChI=1S/C8H15NO3/c1-2-3-4-9-5-7(6-10)12-8(9)11/h7,10H,2-6H2,1H3. The summed E-state index contributed by atoms with van der Waals surface area (Å²) in [6, 6.07) is 0. The Balaban J connectivity index is 2.31. The first kappa shape index (κ1) is 9.32. The van der Waals surface area contributed by atoms with Crippen molar-refractivity contribution in [3.63, 3.8) is 0 Å². The first-order chi connectivity index (χ1) is 5.77. The van der Waals surface area contributed by atoms with Crippen LogP contribution in [0.4, 0.5) is 4.79 Å². The lowest BCUT2D eigenvalue weighted by atomic mass is 10.3. The predicted octanol–water partition coefficient (Wildman–Crippen LogP) is 0.600. The maximum Gasteiger partial charge on any atom is 0.410 e. The van der Waals surface area contributed by atoms with Gasteiger partial charge in [0, 0.05) is 6.54 Å². The summed E-state index contributed by atoms with van der Waals surface area (Å²) in [5, 5.41) is 8.72. The Morgan fingerprint density at radius 3 is 3.00 bits per heavy atom. The van der Waals surface area contributed by atoms with Crippen LogP contribution in [0.5, 0.6) is 0 Å². The molecule has 1 N–H and O–H groups in total. The molecule has 0 spiro atoms. The number of ether oxygens (including phenoxy) is 1. The molecule has 0 aromatic heterocycles. The van der Waals surface area contributed by atoms with Crippen LogP contribution in [0.25, 0.3) is 0 Å². The van der Waals surface area contributed by atoms with E-state index in [0.717, 1.165) is 19.4 Å². The lowest BCUT2D eigenvalue weighted by molar-refractivity contribution is 0.0947. The Labute approximate surface area is 72.1 Å². The summed E-state index contributed by atoms with van der Waals surface area (Å²) in [6.45, 7) is 3.28. The fraction of sp³-hybridized carbons (Fsp3) is 0.875. The third-order valence-electron chi connectivity index (χ3n) is 1.93. The number of rotatable bonds is 4. The molecule has 1 rings (SSSR count). The summed E-state index contributed by atoms with van der Waals surface area (Å²) in [7, 11) is 0. The van der Waals surface area contributed by atoms with Crippen LogP contribution in [-0.2, 0) is 4.74 Å². The van der Waals surface area contributed by atoms with Gasteiger partial charge in [-0.05, 0) is 6.42 Å². The van der Waals surface area contributed by atoms with Crippen LogP contribution in [0.1, 0.15) is 19.8 Å². The van der Waals surface area contributed by atoms with Crippen LogP contribution in [-0.4, -0.2) is 41.9 Å². The fourth-order valence-electron chi connectivity index (χ4n) is 1.20. The van der Waals surface area contributed by atoms with Gasteiger partial charge in [-0.3, -0.25) is 0 Å². The number of carbonyl (C=O) groups is 1. The van der Waals surface area contributed by atoms with Gasteiger partial charge < -0.3 is 14.7 Å². The van der Waals surface area contributed by atoms with Crippen molar-refractivity contribution in [3.8, 4) is 0 Å². The van der Waals surface area contributed by atoms with Gasteiger partial charge in [0.05, 0.1) is 13.2 Å². The highest BCUT2D eigenvalue weighted by atomic mass is 16.6. The van der Waals surface area contributed by atoms with E-state index in [4.69, 9.17) is 9.84 Å². The summed E-state index contributed by atoms with van der Waals surface area (Å²) in [4.78, 5) is 12.7. The minimum absolute atomic E-state index is 0.0750. The molecule has 0 bridgehead atoms. The minimum atomic E-state index is -0.311. The summed E-state index contributed by atoms with van der Waals surface area (Å²) in [5.74, 6) is 0. The monoisotopic (exact) mass is 173 g/mol. The minimum Gasteiger partial charge on any atom is -0.442 e. The third-order valence-corrected chi connectivity index (χ3v) is 1.93. The van der Waals surface area contributed by atoms with Crippen molar-refractivity contribution < 1.29 is 14.6 Å². The average molecular weight is 173 g/mol. The molecule has 1 saturated heterocycles. The van der Waals surface area contributed by atoms with E-state index in [1.807, 2.05) is 0 Å². The van der Waals surface area contributed by atoms with Gasteiger partial charge >= 0.3 is 6.09 Å². The molecule has 0 radical (unpaired) electrons. The van der Waals surface area contributed by atoms with Gasteiger partial charge in [0.15, 0.2) is 0 Å². The Hall–Kier alpha value is -0.770. The molecule has 1 atom stereocenters. The van der Waals surface area contributed by atoms with E-state index in [-0.39, 0.29) is 18.8 Å². The number of hydrogen-bond donors (Lipinski definition) is 1. The molecule has 70 valence electrons. The molecule has 0 aromatic carbocycles. The number of hydrogen-bond acceptors (Lipinski definition) is 3. The smallest absolute Gasteiger partial charge is 0.410 e. The largest absolute Gasteiger partial charge is 0.442 e. The van der Waals surface area contributed by atoms with Gasteiger partial charge in [0.2, 0.25) is 0 Å². The van der Waals surface area contributed by atoms with Crippen molar-refractivity contribution in [2.24, 2.45) is 0 Å². The first-order valence-corrected chi connectivity index (χ1v) is 4.34. The molecule has 1 heterocycles. The summed E-state index contributed by atoms with van der Waals surface area (Å²) in [6.07, 6.45) is 1.46. The van der Waals surface area contributed by atoms with E-state index in [1.54, 1.807) is 4.90 Å². The van der Waals surface area contributed by atoms with Crippen molar-refractivity contribution in [2.45, 2.75) is 25.9 Å². The van der Waals surface area contributed by atoms with Crippen LogP contribution in [0, 0.1) is 0 Å².